The van der Waals surface area contributed by atoms with Crippen molar-refractivity contribution in [1.82, 2.24) is 0 Å². The van der Waals surface area contributed by atoms with Crippen molar-refractivity contribution in [2.75, 3.05) is 7.11 Å². The summed E-state index contributed by atoms with van der Waals surface area (Å²) in [5.41, 5.74) is 7.70. The van der Waals surface area contributed by atoms with E-state index in [0.717, 1.165) is 11.1 Å². The Morgan fingerprint density at radius 1 is 1.24 bits per heavy atom. The predicted molar refractivity (Wildman–Crippen MR) is 84.0 cm³/mol. The van der Waals surface area contributed by atoms with Gasteiger partial charge in [-0.25, -0.2) is 4.39 Å². The molecule has 0 aliphatic heterocycles. The van der Waals surface area contributed by atoms with E-state index < -0.39 is 0 Å². The molecule has 2 aromatic carbocycles. The number of halogens is 2. The van der Waals surface area contributed by atoms with E-state index >= 15 is 0 Å². The zero-order valence-electron chi connectivity index (χ0n) is 11.9. The summed E-state index contributed by atoms with van der Waals surface area (Å²) in [5, 5.41) is 0. The Bertz CT molecular complexity index is 632. The Kier molecular flexibility index (Phi) is 5.20. The number of methoxy groups -OCH3 is 1. The normalized spacial score (nSPS) is 12.0. The van der Waals surface area contributed by atoms with Crippen molar-refractivity contribution in [2.45, 2.75) is 19.6 Å². The Balaban J connectivity index is 2.22. The lowest BCUT2D eigenvalue weighted by atomic mass is 10.1. The fraction of sp³-hybridized carbons (Fsp3) is 0.250. The standard InChI is InChI=1S/C16H17BrFNO2/c1-10(19)14-6-5-13(20-2)8-16(14)21-9-11-3-4-12(18)7-15(11)17/h3-8,10H,9,19H2,1-2H3/t10-/m0/s1. The quantitative estimate of drug-likeness (QED) is 0.876. The maximum absolute atomic E-state index is 13.1. The Labute approximate surface area is 132 Å². The fourth-order valence-corrected chi connectivity index (χ4v) is 2.40. The third kappa shape index (κ3) is 3.95. The molecule has 1 atom stereocenters. The van der Waals surface area contributed by atoms with Crippen LogP contribution in [0.5, 0.6) is 11.5 Å². The smallest absolute Gasteiger partial charge is 0.128 e. The van der Waals surface area contributed by atoms with Gasteiger partial charge in [-0.05, 0) is 25.1 Å². The van der Waals surface area contributed by atoms with Crippen LogP contribution in [0.15, 0.2) is 40.9 Å². The van der Waals surface area contributed by atoms with Gasteiger partial charge in [0.2, 0.25) is 0 Å². The minimum Gasteiger partial charge on any atom is -0.497 e. The lowest BCUT2D eigenvalue weighted by Crippen LogP contribution is -2.08. The second kappa shape index (κ2) is 6.91. The van der Waals surface area contributed by atoms with Crippen LogP contribution in [0.1, 0.15) is 24.1 Å². The van der Waals surface area contributed by atoms with Gasteiger partial charge >= 0.3 is 0 Å². The summed E-state index contributed by atoms with van der Waals surface area (Å²) in [7, 11) is 1.60. The van der Waals surface area contributed by atoms with Crippen LogP contribution in [0.4, 0.5) is 4.39 Å². The van der Waals surface area contributed by atoms with Gasteiger partial charge in [-0.2, -0.15) is 0 Å². The number of nitrogens with two attached hydrogens (primary N) is 1. The van der Waals surface area contributed by atoms with Crippen LogP contribution in [-0.2, 0) is 6.61 Å². The molecular weight excluding hydrogens is 337 g/mol. The topological polar surface area (TPSA) is 44.5 Å². The van der Waals surface area contributed by atoms with Gasteiger partial charge in [-0.15, -0.1) is 0 Å². The molecule has 0 unspecified atom stereocenters. The molecule has 0 fully saturated rings. The van der Waals surface area contributed by atoms with E-state index in [1.54, 1.807) is 19.2 Å². The summed E-state index contributed by atoms with van der Waals surface area (Å²) in [5.74, 6) is 1.08. The van der Waals surface area contributed by atoms with Gasteiger partial charge in [0.15, 0.2) is 0 Å². The zero-order chi connectivity index (χ0) is 15.4. The molecule has 0 aromatic heterocycles. The SMILES string of the molecule is COc1ccc([C@H](C)N)c(OCc2ccc(F)cc2Br)c1. The van der Waals surface area contributed by atoms with Crippen LogP contribution in [0.25, 0.3) is 0 Å². The highest BCUT2D eigenvalue weighted by molar-refractivity contribution is 9.10. The molecule has 21 heavy (non-hydrogen) atoms. The van der Waals surface area contributed by atoms with Crippen LogP contribution in [0.3, 0.4) is 0 Å². The molecule has 5 heteroatoms. The Morgan fingerprint density at radius 2 is 2.00 bits per heavy atom. The maximum atomic E-state index is 13.1. The lowest BCUT2D eigenvalue weighted by Gasteiger charge is -2.16. The first-order chi connectivity index (χ1) is 10.0. The second-order valence-corrected chi connectivity index (χ2v) is 5.57. The van der Waals surface area contributed by atoms with E-state index in [1.165, 1.54) is 12.1 Å². The molecule has 0 heterocycles. The van der Waals surface area contributed by atoms with Crippen LogP contribution in [0.2, 0.25) is 0 Å². The van der Waals surface area contributed by atoms with Gasteiger partial charge in [0.1, 0.15) is 23.9 Å². The number of hydrogen-bond donors (Lipinski definition) is 1. The average molecular weight is 354 g/mol. The highest BCUT2D eigenvalue weighted by Crippen LogP contribution is 2.30. The summed E-state index contributed by atoms with van der Waals surface area (Å²) in [6.07, 6.45) is 0. The summed E-state index contributed by atoms with van der Waals surface area (Å²) in [6, 6.07) is 9.89. The molecule has 112 valence electrons. The highest BCUT2D eigenvalue weighted by Gasteiger charge is 2.11. The number of rotatable bonds is 5. The molecule has 0 saturated heterocycles. The van der Waals surface area contributed by atoms with Crippen LogP contribution in [0, 0.1) is 5.82 Å². The van der Waals surface area contributed by atoms with Gasteiger partial charge in [0.05, 0.1) is 7.11 Å². The molecule has 0 radical (unpaired) electrons. The first-order valence-electron chi connectivity index (χ1n) is 6.51. The first kappa shape index (κ1) is 15.8. The van der Waals surface area contributed by atoms with Crippen LogP contribution in [-0.4, -0.2) is 7.11 Å². The minimum absolute atomic E-state index is 0.150. The molecule has 0 aliphatic carbocycles. The fourth-order valence-electron chi connectivity index (χ4n) is 1.94. The van der Waals surface area contributed by atoms with Gasteiger partial charge < -0.3 is 15.2 Å². The average Bonchev–Trinajstić information content (AvgIpc) is 2.45. The van der Waals surface area contributed by atoms with Crippen molar-refractivity contribution >= 4 is 15.9 Å². The van der Waals surface area contributed by atoms with E-state index in [1.807, 2.05) is 19.1 Å². The van der Waals surface area contributed by atoms with E-state index in [9.17, 15) is 4.39 Å². The van der Waals surface area contributed by atoms with Crippen LogP contribution < -0.4 is 15.2 Å². The van der Waals surface area contributed by atoms with Crippen molar-refractivity contribution < 1.29 is 13.9 Å². The van der Waals surface area contributed by atoms with E-state index in [4.69, 9.17) is 15.2 Å². The molecular formula is C16H17BrFNO2. The highest BCUT2D eigenvalue weighted by atomic mass is 79.9. The zero-order valence-corrected chi connectivity index (χ0v) is 13.5. The Morgan fingerprint density at radius 3 is 2.62 bits per heavy atom. The first-order valence-corrected chi connectivity index (χ1v) is 7.31. The van der Waals surface area contributed by atoms with Crippen molar-refractivity contribution in [3.8, 4) is 11.5 Å². The van der Waals surface area contributed by atoms with Crippen molar-refractivity contribution in [1.29, 1.82) is 0 Å². The number of ether oxygens (including phenoxy) is 2. The molecule has 0 aliphatic rings. The molecule has 2 N–H and O–H groups in total. The molecule has 0 saturated carbocycles. The third-order valence-corrected chi connectivity index (χ3v) is 3.85. The molecule has 2 aromatic rings. The van der Waals surface area contributed by atoms with E-state index in [0.29, 0.717) is 22.6 Å². The molecule has 0 bridgehead atoms. The van der Waals surface area contributed by atoms with E-state index in [-0.39, 0.29) is 11.9 Å². The maximum Gasteiger partial charge on any atom is 0.128 e. The van der Waals surface area contributed by atoms with Gasteiger partial charge in [-0.1, -0.05) is 28.1 Å². The number of hydrogen-bond acceptors (Lipinski definition) is 3. The summed E-state index contributed by atoms with van der Waals surface area (Å²) >= 11 is 3.33. The Hall–Kier alpha value is -1.59. The van der Waals surface area contributed by atoms with Gasteiger partial charge in [-0.3, -0.25) is 0 Å². The predicted octanol–water partition coefficient (Wildman–Crippen LogP) is 4.20. The lowest BCUT2D eigenvalue weighted by molar-refractivity contribution is 0.298. The van der Waals surface area contributed by atoms with Crippen molar-refractivity contribution in [3.63, 3.8) is 0 Å². The third-order valence-electron chi connectivity index (χ3n) is 3.11. The monoisotopic (exact) mass is 353 g/mol. The molecule has 3 nitrogen and oxygen atoms in total. The minimum atomic E-state index is -0.289. The largest absolute Gasteiger partial charge is 0.497 e. The van der Waals surface area contributed by atoms with Crippen molar-refractivity contribution in [2.24, 2.45) is 5.73 Å². The van der Waals surface area contributed by atoms with Crippen molar-refractivity contribution in [3.05, 3.63) is 57.8 Å². The summed E-state index contributed by atoms with van der Waals surface area (Å²) < 4.78 is 24.8. The molecule has 0 amide bonds. The molecule has 2 rings (SSSR count). The summed E-state index contributed by atoms with van der Waals surface area (Å²) in [4.78, 5) is 0. The van der Waals surface area contributed by atoms with Crippen LogP contribution >= 0.6 is 15.9 Å². The van der Waals surface area contributed by atoms with Gasteiger partial charge in [0, 0.05) is 27.7 Å². The summed E-state index contributed by atoms with van der Waals surface area (Å²) in [6.45, 7) is 2.20. The number of benzene rings is 2. The molecule has 0 spiro atoms. The van der Waals surface area contributed by atoms with Gasteiger partial charge in [0.25, 0.3) is 0 Å². The second-order valence-electron chi connectivity index (χ2n) is 4.72. The van der Waals surface area contributed by atoms with E-state index in [2.05, 4.69) is 15.9 Å².